The van der Waals surface area contributed by atoms with Crippen LogP contribution in [0.1, 0.15) is 39.2 Å². The summed E-state index contributed by atoms with van der Waals surface area (Å²) in [5, 5.41) is 9.71. The van der Waals surface area contributed by atoms with Gasteiger partial charge in [-0.05, 0) is 23.8 Å². The van der Waals surface area contributed by atoms with E-state index < -0.39 is 0 Å². The Labute approximate surface area is 86.8 Å². The second kappa shape index (κ2) is 4.14. The van der Waals surface area contributed by atoms with Crippen LogP contribution in [-0.4, -0.2) is 11.2 Å². The first kappa shape index (κ1) is 11.3. The van der Waals surface area contributed by atoms with E-state index in [1.54, 1.807) is 0 Å². The minimum absolute atomic E-state index is 0.0820. The Kier molecular flexibility index (Phi) is 3.33. The lowest BCUT2D eigenvalue weighted by Crippen LogP contribution is -2.31. The predicted octanol–water partition coefficient (Wildman–Crippen LogP) is 3.20. The van der Waals surface area contributed by atoms with Crippen molar-refractivity contribution in [3.63, 3.8) is 0 Å². The van der Waals surface area contributed by atoms with Crippen LogP contribution in [0.15, 0.2) is 30.3 Å². The van der Waals surface area contributed by atoms with Crippen molar-refractivity contribution < 1.29 is 5.11 Å². The number of rotatable bonds is 3. The van der Waals surface area contributed by atoms with Crippen LogP contribution in [0.2, 0.25) is 0 Å². The largest absolute Gasteiger partial charge is 0.393 e. The van der Waals surface area contributed by atoms with Gasteiger partial charge in [-0.25, -0.2) is 0 Å². The van der Waals surface area contributed by atoms with Crippen LogP contribution in [0.5, 0.6) is 0 Å². The molecule has 0 heterocycles. The molecule has 0 aliphatic carbocycles. The Hall–Kier alpha value is -0.820. The maximum atomic E-state index is 9.71. The Morgan fingerprint density at radius 2 is 1.57 bits per heavy atom. The summed E-state index contributed by atoms with van der Waals surface area (Å²) in [4.78, 5) is 0. The topological polar surface area (TPSA) is 20.2 Å². The van der Waals surface area contributed by atoms with Crippen molar-refractivity contribution in [1.82, 2.24) is 0 Å². The first-order valence-corrected chi connectivity index (χ1v) is 5.19. The molecule has 1 aromatic rings. The van der Waals surface area contributed by atoms with Gasteiger partial charge in [0.1, 0.15) is 0 Å². The van der Waals surface area contributed by atoms with Crippen LogP contribution in [0.4, 0.5) is 0 Å². The molecule has 1 heteroatoms. The molecule has 0 bridgehead atoms. The second-order valence-corrected chi connectivity index (χ2v) is 4.63. The average molecular weight is 192 g/mol. The van der Waals surface area contributed by atoms with E-state index in [0.717, 1.165) is 0 Å². The Balaban J connectivity index is 2.90. The molecule has 1 aromatic carbocycles. The van der Waals surface area contributed by atoms with E-state index in [2.05, 4.69) is 32.9 Å². The fourth-order valence-corrected chi connectivity index (χ4v) is 1.53. The van der Waals surface area contributed by atoms with Crippen LogP contribution in [0.25, 0.3) is 0 Å². The zero-order valence-electron chi connectivity index (χ0n) is 9.49. The van der Waals surface area contributed by atoms with Gasteiger partial charge in [-0.3, -0.25) is 0 Å². The number of benzene rings is 1. The third-order valence-corrected chi connectivity index (χ3v) is 3.49. The van der Waals surface area contributed by atoms with E-state index in [9.17, 15) is 5.11 Å². The van der Waals surface area contributed by atoms with Crippen molar-refractivity contribution >= 4 is 0 Å². The minimum Gasteiger partial charge on any atom is -0.393 e. The summed E-state index contributed by atoms with van der Waals surface area (Å²) in [5.41, 5.74) is 1.21. The molecule has 1 rings (SSSR count). The molecule has 0 amide bonds. The second-order valence-electron chi connectivity index (χ2n) is 4.63. The summed E-state index contributed by atoms with van der Waals surface area (Å²) in [5.74, 6) is 0.365. The first-order valence-electron chi connectivity index (χ1n) is 5.19. The van der Waals surface area contributed by atoms with Gasteiger partial charge in [-0.2, -0.15) is 0 Å². The Morgan fingerprint density at radius 3 is 2.00 bits per heavy atom. The van der Waals surface area contributed by atoms with Gasteiger partial charge < -0.3 is 5.11 Å². The SMILES string of the molecule is CC(O)C(C)(C)C(C)c1ccccc1. The highest BCUT2D eigenvalue weighted by Gasteiger charge is 2.31. The number of aliphatic hydroxyl groups is 1. The molecule has 0 saturated heterocycles. The van der Waals surface area contributed by atoms with Crippen molar-refractivity contribution in [2.75, 3.05) is 0 Å². The summed E-state index contributed by atoms with van der Waals surface area (Å²) >= 11 is 0. The van der Waals surface area contributed by atoms with Gasteiger partial charge in [0.25, 0.3) is 0 Å². The lowest BCUT2D eigenvalue weighted by molar-refractivity contribution is 0.0490. The summed E-state index contributed by atoms with van der Waals surface area (Å²) in [6.07, 6.45) is -0.294. The normalized spacial score (nSPS) is 16.4. The average Bonchev–Trinajstić information content (AvgIpc) is 2.17. The van der Waals surface area contributed by atoms with Crippen molar-refractivity contribution in [2.45, 2.75) is 39.7 Å². The van der Waals surface area contributed by atoms with Crippen LogP contribution >= 0.6 is 0 Å². The van der Waals surface area contributed by atoms with Crippen LogP contribution in [-0.2, 0) is 0 Å². The lowest BCUT2D eigenvalue weighted by atomic mass is 9.73. The zero-order chi connectivity index (χ0) is 10.8. The van der Waals surface area contributed by atoms with E-state index in [1.165, 1.54) is 5.56 Å². The Bertz CT molecular complexity index is 275. The van der Waals surface area contributed by atoms with Crippen molar-refractivity contribution in [2.24, 2.45) is 5.41 Å². The molecule has 0 saturated carbocycles. The highest BCUT2D eigenvalue weighted by molar-refractivity contribution is 5.21. The third kappa shape index (κ3) is 2.16. The molecule has 0 aliphatic rings. The maximum absolute atomic E-state index is 9.71. The van der Waals surface area contributed by atoms with Gasteiger partial charge >= 0.3 is 0 Å². The fraction of sp³-hybridized carbons (Fsp3) is 0.538. The monoisotopic (exact) mass is 192 g/mol. The van der Waals surface area contributed by atoms with Gasteiger partial charge in [0.15, 0.2) is 0 Å². The molecule has 0 aromatic heterocycles. The minimum atomic E-state index is -0.294. The third-order valence-electron chi connectivity index (χ3n) is 3.49. The van der Waals surface area contributed by atoms with Gasteiger partial charge in [-0.1, -0.05) is 51.1 Å². The standard InChI is InChI=1S/C13H20O/c1-10(13(3,4)11(2)14)12-8-6-5-7-9-12/h5-11,14H,1-4H3. The molecule has 0 aliphatic heterocycles. The quantitative estimate of drug-likeness (QED) is 0.779. The molecule has 2 atom stereocenters. The van der Waals surface area contributed by atoms with E-state index in [0.29, 0.717) is 5.92 Å². The molecule has 78 valence electrons. The van der Waals surface area contributed by atoms with Crippen molar-refractivity contribution in [3.8, 4) is 0 Å². The smallest absolute Gasteiger partial charge is 0.0568 e. The highest BCUT2D eigenvalue weighted by atomic mass is 16.3. The molecule has 0 fully saturated rings. The zero-order valence-corrected chi connectivity index (χ0v) is 9.49. The summed E-state index contributed by atoms with van der Waals surface area (Å²) < 4.78 is 0. The molecule has 0 spiro atoms. The summed E-state index contributed by atoms with van der Waals surface area (Å²) in [6, 6.07) is 10.4. The number of hydrogen-bond donors (Lipinski definition) is 1. The number of aliphatic hydroxyl groups excluding tert-OH is 1. The Morgan fingerprint density at radius 1 is 1.07 bits per heavy atom. The fourth-order valence-electron chi connectivity index (χ4n) is 1.53. The van der Waals surface area contributed by atoms with Crippen molar-refractivity contribution in [3.05, 3.63) is 35.9 Å². The predicted molar refractivity (Wildman–Crippen MR) is 60.3 cm³/mol. The molecular formula is C13H20O. The molecule has 1 N–H and O–H groups in total. The first-order chi connectivity index (χ1) is 6.46. The van der Waals surface area contributed by atoms with Gasteiger partial charge in [0.2, 0.25) is 0 Å². The summed E-state index contributed by atoms with van der Waals surface area (Å²) in [6.45, 7) is 8.24. The van der Waals surface area contributed by atoms with E-state index in [4.69, 9.17) is 0 Å². The lowest BCUT2D eigenvalue weighted by Gasteiger charge is -2.35. The van der Waals surface area contributed by atoms with Gasteiger partial charge in [-0.15, -0.1) is 0 Å². The van der Waals surface area contributed by atoms with E-state index in [-0.39, 0.29) is 11.5 Å². The van der Waals surface area contributed by atoms with Crippen molar-refractivity contribution in [1.29, 1.82) is 0 Å². The van der Waals surface area contributed by atoms with Crippen LogP contribution in [0.3, 0.4) is 0 Å². The van der Waals surface area contributed by atoms with Crippen LogP contribution in [0, 0.1) is 5.41 Å². The summed E-state index contributed by atoms with van der Waals surface area (Å²) in [7, 11) is 0. The van der Waals surface area contributed by atoms with E-state index in [1.807, 2.05) is 25.1 Å². The molecular weight excluding hydrogens is 172 g/mol. The molecule has 0 radical (unpaired) electrons. The van der Waals surface area contributed by atoms with Gasteiger partial charge in [0.05, 0.1) is 6.10 Å². The maximum Gasteiger partial charge on any atom is 0.0568 e. The molecule has 14 heavy (non-hydrogen) atoms. The highest BCUT2D eigenvalue weighted by Crippen LogP contribution is 2.37. The van der Waals surface area contributed by atoms with Crippen LogP contribution < -0.4 is 0 Å². The van der Waals surface area contributed by atoms with Gasteiger partial charge in [0, 0.05) is 0 Å². The molecule has 1 nitrogen and oxygen atoms in total. The number of hydrogen-bond acceptors (Lipinski definition) is 1. The van der Waals surface area contributed by atoms with E-state index >= 15 is 0 Å². The molecule has 2 unspecified atom stereocenters.